The third kappa shape index (κ3) is 4.57. The lowest BCUT2D eigenvalue weighted by molar-refractivity contribution is -0.141. The molecule has 17 heavy (non-hydrogen) atoms. The van der Waals surface area contributed by atoms with Crippen LogP contribution in [0.15, 0.2) is 24.3 Å². The normalized spacial score (nSPS) is 14.3. The second-order valence-electron chi connectivity index (χ2n) is 4.80. The summed E-state index contributed by atoms with van der Waals surface area (Å²) in [4.78, 5) is 10.9. The molecule has 0 saturated heterocycles. The monoisotopic (exact) mass is 235 g/mol. The number of benzene rings is 1. The topological polar surface area (TPSA) is 63.3 Å². The van der Waals surface area contributed by atoms with E-state index in [-0.39, 0.29) is 6.54 Å². The van der Waals surface area contributed by atoms with Crippen molar-refractivity contribution in [3.63, 3.8) is 0 Å². The first-order valence-electron chi connectivity index (χ1n) is 6.01. The van der Waals surface area contributed by atoms with Crippen LogP contribution in [0.25, 0.3) is 0 Å². The smallest absolute Gasteiger partial charge is 0.307 e. The highest BCUT2D eigenvalue weighted by molar-refractivity contribution is 5.70. The molecule has 0 amide bonds. The van der Waals surface area contributed by atoms with E-state index in [0.29, 0.717) is 12.3 Å². The molecule has 1 aromatic rings. The Morgan fingerprint density at radius 1 is 1.35 bits per heavy atom. The molecule has 0 bridgehead atoms. The Hall–Kier alpha value is -1.35. The van der Waals surface area contributed by atoms with Gasteiger partial charge in [0.1, 0.15) is 0 Å². The van der Waals surface area contributed by atoms with Crippen molar-refractivity contribution < 1.29 is 9.90 Å². The minimum absolute atomic E-state index is 0.216. The Labute approximate surface area is 103 Å². The average Bonchev–Trinajstić information content (AvgIpc) is 2.28. The fourth-order valence-corrected chi connectivity index (χ4v) is 1.99. The summed E-state index contributed by atoms with van der Waals surface area (Å²) >= 11 is 0. The van der Waals surface area contributed by atoms with Crippen LogP contribution in [0.4, 0.5) is 0 Å². The Bertz CT molecular complexity index is 359. The van der Waals surface area contributed by atoms with E-state index in [1.807, 2.05) is 0 Å². The van der Waals surface area contributed by atoms with Gasteiger partial charge in [-0.2, -0.15) is 0 Å². The highest BCUT2D eigenvalue weighted by Crippen LogP contribution is 2.17. The summed E-state index contributed by atoms with van der Waals surface area (Å²) in [7, 11) is 0. The summed E-state index contributed by atoms with van der Waals surface area (Å²) in [6.45, 7) is 4.35. The quantitative estimate of drug-likeness (QED) is 0.794. The van der Waals surface area contributed by atoms with Crippen molar-refractivity contribution in [1.82, 2.24) is 0 Å². The van der Waals surface area contributed by atoms with Gasteiger partial charge in [0.25, 0.3) is 0 Å². The van der Waals surface area contributed by atoms with Crippen LogP contribution in [0, 0.1) is 18.8 Å². The van der Waals surface area contributed by atoms with Gasteiger partial charge in [0.2, 0.25) is 0 Å². The molecule has 0 aliphatic heterocycles. The van der Waals surface area contributed by atoms with Crippen LogP contribution in [-0.2, 0) is 11.2 Å². The van der Waals surface area contributed by atoms with Gasteiger partial charge in [-0.05, 0) is 31.2 Å². The lowest BCUT2D eigenvalue weighted by Gasteiger charge is -2.16. The highest BCUT2D eigenvalue weighted by Gasteiger charge is 2.18. The van der Waals surface area contributed by atoms with Crippen LogP contribution in [0.3, 0.4) is 0 Å². The van der Waals surface area contributed by atoms with E-state index in [2.05, 4.69) is 38.1 Å². The van der Waals surface area contributed by atoms with Crippen LogP contribution in [-0.4, -0.2) is 17.6 Å². The molecule has 0 aliphatic carbocycles. The molecular formula is C14H21NO2. The molecule has 0 heterocycles. The van der Waals surface area contributed by atoms with Gasteiger partial charge in [-0.25, -0.2) is 0 Å². The molecule has 0 spiro atoms. The van der Waals surface area contributed by atoms with Crippen molar-refractivity contribution in [3.05, 3.63) is 35.4 Å². The number of carbonyl (C=O) groups is 1. The van der Waals surface area contributed by atoms with Gasteiger partial charge >= 0.3 is 5.97 Å². The number of rotatable bonds is 6. The number of hydrogen-bond acceptors (Lipinski definition) is 2. The van der Waals surface area contributed by atoms with Crippen molar-refractivity contribution in [2.24, 2.45) is 17.6 Å². The number of carboxylic acid groups (broad SMARTS) is 1. The first kappa shape index (κ1) is 13.7. The summed E-state index contributed by atoms with van der Waals surface area (Å²) in [5.41, 5.74) is 7.95. The molecule has 94 valence electrons. The van der Waals surface area contributed by atoms with Crippen molar-refractivity contribution in [2.45, 2.75) is 26.7 Å². The molecule has 0 saturated carbocycles. The zero-order valence-electron chi connectivity index (χ0n) is 10.5. The third-order valence-electron chi connectivity index (χ3n) is 3.03. The van der Waals surface area contributed by atoms with Crippen LogP contribution in [0.1, 0.15) is 24.5 Å². The zero-order chi connectivity index (χ0) is 12.8. The van der Waals surface area contributed by atoms with E-state index in [9.17, 15) is 4.79 Å². The van der Waals surface area contributed by atoms with E-state index in [4.69, 9.17) is 10.8 Å². The summed E-state index contributed by atoms with van der Waals surface area (Å²) in [6.07, 6.45) is 1.55. The van der Waals surface area contributed by atoms with Crippen molar-refractivity contribution in [2.75, 3.05) is 6.54 Å². The van der Waals surface area contributed by atoms with Gasteiger partial charge in [0, 0.05) is 6.54 Å². The Morgan fingerprint density at radius 2 is 1.94 bits per heavy atom. The first-order valence-corrected chi connectivity index (χ1v) is 6.01. The molecule has 0 radical (unpaired) electrons. The summed E-state index contributed by atoms with van der Waals surface area (Å²) in [6, 6.07) is 8.37. The molecule has 0 aliphatic rings. The number of aliphatic carboxylic acids is 1. The SMILES string of the molecule is Cc1ccc(CC(C)CC(CN)C(=O)O)cc1. The Kier molecular flexibility index (Phi) is 5.16. The summed E-state index contributed by atoms with van der Waals surface area (Å²) in [5.74, 6) is -0.874. The number of carboxylic acids is 1. The van der Waals surface area contributed by atoms with Crippen LogP contribution in [0.5, 0.6) is 0 Å². The third-order valence-corrected chi connectivity index (χ3v) is 3.03. The largest absolute Gasteiger partial charge is 0.481 e. The van der Waals surface area contributed by atoms with E-state index in [0.717, 1.165) is 6.42 Å². The van der Waals surface area contributed by atoms with Crippen LogP contribution < -0.4 is 5.73 Å². The molecular weight excluding hydrogens is 214 g/mol. The Balaban J connectivity index is 2.51. The van der Waals surface area contributed by atoms with E-state index < -0.39 is 11.9 Å². The lowest BCUT2D eigenvalue weighted by atomic mass is 9.90. The van der Waals surface area contributed by atoms with Crippen LogP contribution >= 0.6 is 0 Å². The van der Waals surface area contributed by atoms with Gasteiger partial charge < -0.3 is 10.8 Å². The predicted molar refractivity (Wildman–Crippen MR) is 68.8 cm³/mol. The number of hydrogen-bond donors (Lipinski definition) is 2. The first-order chi connectivity index (χ1) is 8.02. The van der Waals surface area contributed by atoms with Gasteiger partial charge in [-0.15, -0.1) is 0 Å². The standard InChI is InChI=1S/C14H21NO2/c1-10-3-5-12(6-4-10)7-11(2)8-13(9-15)14(16)17/h3-6,11,13H,7-9,15H2,1-2H3,(H,16,17). The molecule has 2 atom stereocenters. The highest BCUT2D eigenvalue weighted by atomic mass is 16.4. The predicted octanol–water partition coefficient (Wildman–Crippen LogP) is 2.22. The zero-order valence-corrected chi connectivity index (χ0v) is 10.5. The average molecular weight is 235 g/mol. The summed E-state index contributed by atoms with van der Waals surface area (Å²) in [5, 5.41) is 8.94. The fraction of sp³-hybridized carbons (Fsp3) is 0.500. The number of nitrogens with two attached hydrogens (primary N) is 1. The van der Waals surface area contributed by atoms with Gasteiger partial charge in [0.05, 0.1) is 5.92 Å². The van der Waals surface area contributed by atoms with Gasteiger partial charge in [0.15, 0.2) is 0 Å². The van der Waals surface area contributed by atoms with E-state index >= 15 is 0 Å². The maximum absolute atomic E-state index is 10.9. The van der Waals surface area contributed by atoms with E-state index in [1.165, 1.54) is 11.1 Å². The molecule has 0 aromatic heterocycles. The minimum atomic E-state index is -0.789. The molecule has 3 nitrogen and oxygen atoms in total. The molecule has 3 heteroatoms. The lowest BCUT2D eigenvalue weighted by Crippen LogP contribution is -2.25. The second-order valence-corrected chi connectivity index (χ2v) is 4.80. The Morgan fingerprint density at radius 3 is 2.41 bits per heavy atom. The van der Waals surface area contributed by atoms with Crippen molar-refractivity contribution >= 4 is 5.97 Å². The summed E-state index contributed by atoms with van der Waals surface area (Å²) < 4.78 is 0. The number of aryl methyl sites for hydroxylation is 1. The minimum Gasteiger partial charge on any atom is -0.481 e. The van der Waals surface area contributed by atoms with Crippen molar-refractivity contribution in [3.8, 4) is 0 Å². The maximum Gasteiger partial charge on any atom is 0.307 e. The molecule has 2 unspecified atom stereocenters. The van der Waals surface area contributed by atoms with Gasteiger partial charge in [-0.1, -0.05) is 36.8 Å². The fourth-order valence-electron chi connectivity index (χ4n) is 1.99. The molecule has 1 rings (SSSR count). The maximum atomic E-state index is 10.9. The van der Waals surface area contributed by atoms with Crippen LogP contribution in [0.2, 0.25) is 0 Å². The molecule has 0 fully saturated rings. The molecule has 1 aromatic carbocycles. The van der Waals surface area contributed by atoms with Gasteiger partial charge in [-0.3, -0.25) is 4.79 Å². The molecule has 3 N–H and O–H groups in total. The second kappa shape index (κ2) is 6.40. The van der Waals surface area contributed by atoms with Crippen molar-refractivity contribution in [1.29, 1.82) is 0 Å². The van der Waals surface area contributed by atoms with E-state index in [1.54, 1.807) is 0 Å².